The van der Waals surface area contributed by atoms with Gasteiger partial charge in [-0.25, -0.2) is 0 Å². The fourth-order valence-electron chi connectivity index (χ4n) is 2.14. The normalized spacial score (nSPS) is 14.7. The van der Waals surface area contributed by atoms with Crippen LogP contribution in [-0.4, -0.2) is 33.5 Å². The lowest BCUT2D eigenvalue weighted by Crippen LogP contribution is -2.24. The number of hydrogen-bond acceptors (Lipinski definition) is 3. The summed E-state index contributed by atoms with van der Waals surface area (Å²) in [6.07, 6.45) is 14.7. The molecule has 2 atom stereocenters. The van der Waals surface area contributed by atoms with Crippen LogP contribution in [0, 0.1) is 0 Å². The highest BCUT2D eigenvalue weighted by Crippen LogP contribution is 2.09. The van der Waals surface area contributed by atoms with Crippen LogP contribution < -0.4 is 0 Å². The molecule has 0 bridgehead atoms. The first-order valence-corrected chi connectivity index (χ1v) is 8.45. The molecule has 0 aromatic heterocycles. The van der Waals surface area contributed by atoms with Crippen molar-refractivity contribution in [3.05, 3.63) is 24.3 Å². The molecule has 4 nitrogen and oxygen atoms in total. The number of allylic oxidation sites excluding steroid dienone is 2. The molecule has 0 aromatic carbocycles. The quantitative estimate of drug-likeness (QED) is 0.336. The minimum Gasteiger partial charge on any atom is -0.481 e. The van der Waals surface area contributed by atoms with Gasteiger partial charge in [0.1, 0.15) is 0 Å². The Morgan fingerprint density at radius 2 is 1.41 bits per heavy atom. The van der Waals surface area contributed by atoms with E-state index < -0.39 is 18.2 Å². The monoisotopic (exact) mass is 312 g/mol. The average Bonchev–Trinajstić information content (AvgIpc) is 2.48. The maximum atomic E-state index is 10.3. The van der Waals surface area contributed by atoms with Gasteiger partial charge in [-0.1, -0.05) is 50.5 Å². The van der Waals surface area contributed by atoms with Crippen LogP contribution in [0.5, 0.6) is 0 Å². The average molecular weight is 312 g/mol. The summed E-state index contributed by atoms with van der Waals surface area (Å²) in [4.78, 5) is 10.3. The standard InChI is InChI=1S/C18H32O4/c1-2-3-10-13-16(19)17(20)14-11-8-6-4-5-7-9-12-15-18(21)22/h3,8,10-11,16-17,19-20H,2,4-7,9,12-15H2,1H3,(H,21,22)/b10-3+,11-8+. The summed E-state index contributed by atoms with van der Waals surface area (Å²) in [7, 11) is 0. The van der Waals surface area contributed by atoms with Gasteiger partial charge in [-0.05, 0) is 38.5 Å². The van der Waals surface area contributed by atoms with Crippen molar-refractivity contribution >= 4 is 5.97 Å². The predicted molar refractivity (Wildman–Crippen MR) is 89.8 cm³/mol. The predicted octanol–water partition coefficient (Wildman–Crippen LogP) is 3.83. The Bertz CT molecular complexity index is 323. The van der Waals surface area contributed by atoms with Crippen LogP contribution in [-0.2, 0) is 4.79 Å². The Kier molecular flexibility index (Phi) is 14.0. The van der Waals surface area contributed by atoms with E-state index >= 15 is 0 Å². The second kappa shape index (κ2) is 14.8. The van der Waals surface area contributed by atoms with Gasteiger partial charge < -0.3 is 15.3 Å². The highest BCUT2D eigenvalue weighted by molar-refractivity contribution is 5.66. The van der Waals surface area contributed by atoms with Crippen LogP contribution >= 0.6 is 0 Å². The Morgan fingerprint density at radius 3 is 2.00 bits per heavy atom. The van der Waals surface area contributed by atoms with Crippen LogP contribution in [0.2, 0.25) is 0 Å². The summed E-state index contributed by atoms with van der Waals surface area (Å²) >= 11 is 0. The minimum atomic E-state index is -0.714. The van der Waals surface area contributed by atoms with Crippen molar-refractivity contribution in [2.75, 3.05) is 0 Å². The van der Waals surface area contributed by atoms with Gasteiger partial charge in [0.15, 0.2) is 0 Å². The molecule has 0 aliphatic rings. The number of carbonyl (C=O) groups is 1. The second-order valence-electron chi connectivity index (χ2n) is 5.66. The van der Waals surface area contributed by atoms with Gasteiger partial charge >= 0.3 is 5.97 Å². The van der Waals surface area contributed by atoms with E-state index in [1.807, 2.05) is 25.2 Å². The summed E-state index contributed by atoms with van der Waals surface area (Å²) in [5.41, 5.74) is 0. The number of carboxylic acids is 1. The Morgan fingerprint density at radius 1 is 0.864 bits per heavy atom. The third-order valence-electron chi connectivity index (χ3n) is 3.53. The Labute approximate surface area is 134 Å². The highest BCUT2D eigenvalue weighted by atomic mass is 16.4. The van der Waals surface area contributed by atoms with Gasteiger partial charge in [0.05, 0.1) is 12.2 Å². The van der Waals surface area contributed by atoms with Crippen LogP contribution in [0.4, 0.5) is 0 Å². The van der Waals surface area contributed by atoms with Crippen molar-refractivity contribution in [3.63, 3.8) is 0 Å². The first kappa shape index (κ1) is 20.9. The van der Waals surface area contributed by atoms with Crippen molar-refractivity contribution < 1.29 is 20.1 Å². The number of aliphatic hydroxyl groups is 2. The van der Waals surface area contributed by atoms with Gasteiger partial charge in [0, 0.05) is 6.42 Å². The van der Waals surface area contributed by atoms with Crippen molar-refractivity contribution in [2.45, 2.75) is 83.3 Å². The Balaban J connectivity index is 3.49. The highest BCUT2D eigenvalue weighted by Gasteiger charge is 2.12. The molecule has 4 heteroatoms. The summed E-state index contributed by atoms with van der Waals surface area (Å²) in [6.45, 7) is 2.04. The van der Waals surface area contributed by atoms with Gasteiger partial charge in [0.25, 0.3) is 0 Å². The second-order valence-corrected chi connectivity index (χ2v) is 5.66. The fourth-order valence-corrected chi connectivity index (χ4v) is 2.14. The van der Waals surface area contributed by atoms with Crippen molar-refractivity contribution in [3.8, 4) is 0 Å². The molecule has 0 fully saturated rings. The molecule has 0 aliphatic heterocycles. The number of carboxylic acid groups (broad SMARTS) is 1. The molecule has 0 rings (SSSR count). The molecular weight excluding hydrogens is 280 g/mol. The lowest BCUT2D eigenvalue weighted by Gasteiger charge is -2.14. The zero-order valence-electron chi connectivity index (χ0n) is 13.8. The summed E-state index contributed by atoms with van der Waals surface area (Å²) in [6, 6.07) is 0. The maximum Gasteiger partial charge on any atom is 0.303 e. The van der Waals surface area contributed by atoms with Crippen LogP contribution in [0.25, 0.3) is 0 Å². The van der Waals surface area contributed by atoms with Gasteiger partial charge in [-0.2, -0.15) is 0 Å². The van der Waals surface area contributed by atoms with Gasteiger partial charge in [-0.3, -0.25) is 4.79 Å². The maximum absolute atomic E-state index is 10.3. The van der Waals surface area contributed by atoms with Crippen molar-refractivity contribution in [1.82, 2.24) is 0 Å². The molecule has 3 N–H and O–H groups in total. The molecule has 0 aliphatic carbocycles. The third-order valence-corrected chi connectivity index (χ3v) is 3.53. The Hall–Kier alpha value is -1.13. The molecule has 0 aromatic rings. The number of aliphatic carboxylic acids is 1. The number of hydrogen-bond donors (Lipinski definition) is 3. The van der Waals surface area contributed by atoms with E-state index in [2.05, 4.69) is 6.08 Å². The lowest BCUT2D eigenvalue weighted by atomic mass is 10.1. The first-order chi connectivity index (χ1) is 10.6. The van der Waals surface area contributed by atoms with Gasteiger partial charge in [-0.15, -0.1) is 0 Å². The van der Waals surface area contributed by atoms with Crippen LogP contribution in [0.1, 0.15) is 71.1 Å². The molecule has 0 spiro atoms. The number of rotatable bonds is 14. The van der Waals surface area contributed by atoms with E-state index in [1.54, 1.807) is 0 Å². The molecule has 0 saturated heterocycles. The molecule has 0 amide bonds. The van der Waals surface area contributed by atoms with E-state index in [4.69, 9.17) is 5.11 Å². The van der Waals surface area contributed by atoms with Crippen molar-refractivity contribution in [1.29, 1.82) is 0 Å². The zero-order chi connectivity index (χ0) is 16.6. The summed E-state index contributed by atoms with van der Waals surface area (Å²) < 4.78 is 0. The number of unbranched alkanes of at least 4 members (excludes halogenated alkanes) is 5. The van der Waals surface area contributed by atoms with E-state index in [-0.39, 0.29) is 6.42 Å². The molecule has 128 valence electrons. The molecule has 0 heterocycles. The van der Waals surface area contributed by atoms with Crippen LogP contribution in [0.3, 0.4) is 0 Å². The third kappa shape index (κ3) is 13.8. The van der Waals surface area contributed by atoms with Crippen molar-refractivity contribution in [2.24, 2.45) is 0 Å². The molecule has 0 radical (unpaired) electrons. The SMILES string of the molecule is CC/C=C/CC(O)C(O)C/C=C/CCCCCCCC(=O)O. The van der Waals surface area contributed by atoms with Gasteiger partial charge in [0.2, 0.25) is 0 Å². The first-order valence-electron chi connectivity index (χ1n) is 8.45. The van der Waals surface area contributed by atoms with E-state index in [1.165, 1.54) is 0 Å². The molecule has 22 heavy (non-hydrogen) atoms. The molecule has 0 saturated carbocycles. The van der Waals surface area contributed by atoms with Crippen LogP contribution in [0.15, 0.2) is 24.3 Å². The van der Waals surface area contributed by atoms with E-state index in [0.29, 0.717) is 12.8 Å². The zero-order valence-corrected chi connectivity index (χ0v) is 13.8. The smallest absolute Gasteiger partial charge is 0.303 e. The topological polar surface area (TPSA) is 77.8 Å². The number of aliphatic hydroxyl groups excluding tert-OH is 2. The minimum absolute atomic E-state index is 0.271. The molecule has 2 unspecified atom stereocenters. The lowest BCUT2D eigenvalue weighted by molar-refractivity contribution is -0.137. The summed E-state index contributed by atoms with van der Waals surface area (Å²) in [5.74, 6) is -0.714. The van der Waals surface area contributed by atoms with E-state index in [0.717, 1.165) is 44.9 Å². The summed E-state index contributed by atoms with van der Waals surface area (Å²) in [5, 5.41) is 28.0. The largest absolute Gasteiger partial charge is 0.481 e. The van der Waals surface area contributed by atoms with E-state index in [9.17, 15) is 15.0 Å². The fraction of sp³-hybridized carbons (Fsp3) is 0.722. The molecular formula is C18H32O4.